The number of methoxy groups -OCH3 is 2. The number of nitrogens with one attached hydrogen (secondary N) is 2. The number of hydrogen-bond donors (Lipinski definition) is 2. The van der Waals surface area contributed by atoms with Crippen molar-refractivity contribution in [2.75, 3.05) is 39.2 Å². The fourth-order valence-corrected chi connectivity index (χ4v) is 4.68. The molecule has 1 aromatic carbocycles. The number of benzene rings is 1. The summed E-state index contributed by atoms with van der Waals surface area (Å²) in [5.74, 6) is 1.64. The highest BCUT2D eigenvalue weighted by molar-refractivity contribution is 7.15. The molecule has 1 aliphatic heterocycles. The van der Waals surface area contributed by atoms with Crippen molar-refractivity contribution < 1.29 is 19.1 Å². The SMILES string of the molecule is COc1ccc(CCNC(=O)CN2CCc3nc(NC(=O)C4CC4)sc3C2)cc1OC. The zero-order valence-electron chi connectivity index (χ0n) is 17.9. The minimum atomic E-state index is 0.00991. The molecule has 0 spiro atoms. The number of carbonyl (C=O) groups is 2. The number of anilines is 1. The van der Waals surface area contributed by atoms with Gasteiger partial charge in [-0.2, -0.15) is 0 Å². The first kappa shape index (κ1) is 21.6. The van der Waals surface area contributed by atoms with Crippen molar-refractivity contribution in [2.45, 2.75) is 32.2 Å². The third-order valence-corrected chi connectivity index (χ3v) is 6.54. The Balaban J connectivity index is 1.22. The molecule has 0 bridgehead atoms. The smallest absolute Gasteiger partial charge is 0.234 e. The van der Waals surface area contributed by atoms with Crippen LogP contribution in [0.15, 0.2) is 18.2 Å². The Morgan fingerprint density at radius 3 is 2.77 bits per heavy atom. The summed E-state index contributed by atoms with van der Waals surface area (Å²) in [7, 11) is 3.22. The minimum absolute atomic E-state index is 0.00991. The first-order valence-corrected chi connectivity index (χ1v) is 11.4. The second-order valence-electron chi connectivity index (χ2n) is 7.90. The molecule has 1 aromatic heterocycles. The van der Waals surface area contributed by atoms with Gasteiger partial charge in [-0.05, 0) is 37.0 Å². The highest BCUT2D eigenvalue weighted by Crippen LogP contribution is 2.33. The topological polar surface area (TPSA) is 92.8 Å². The van der Waals surface area contributed by atoms with E-state index in [9.17, 15) is 9.59 Å². The van der Waals surface area contributed by atoms with Crippen molar-refractivity contribution in [3.8, 4) is 11.5 Å². The van der Waals surface area contributed by atoms with E-state index in [1.165, 1.54) is 11.3 Å². The Morgan fingerprint density at radius 2 is 2.03 bits per heavy atom. The number of nitrogens with zero attached hydrogens (tertiary/aromatic N) is 2. The predicted octanol–water partition coefficient (Wildman–Crippen LogP) is 2.23. The van der Waals surface area contributed by atoms with Gasteiger partial charge < -0.3 is 20.1 Å². The van der Waals surface area contributed by atoms with Crippen LogP contribution < -0.4 is 20.1 Å². The van der Waals surface area contributed by atoms with E-state index in [1.807, 2.05) is 18.2 Å². The molecule has 166 valence electrons. The van der Waals surface area contributed by atoms with Gasteiger partial charge in [-0.1, -0.05) is 6.07 Å². The van der Waals surface area contributed by atoms with E-state index < -0.39 is 0 Å². The molecule has 2 aromatic rings. The second-order valence-corrected chi connectivity index (χ2v) is 8.99. The predicted molar refractivity (Wildman–Crippen MR) is 119 cm³/mol. The molecule has 2 heterocycles. The standard InChI is InChI=1S/C22H28N4O4S/c1-29-17-6-3-14(11-18(17)30-2)7-9-23-20(27)13-26-10-8-16-19(12-26)31-22(24-16)25-21(28)15-4-5-15/h3,6,11,15H,4-5,7-10,12-13H2,1-2H3,(H,23,27)(H,24,25,28). The van der Waals surface area contributed by atoms with Crippen molar-refractivity contribution >= 4 is 28.3 Å². The Kier molecular flexibility index (Phi) is 6.72. The van der Waals surface area contributed by atoms with Gasteiger partial charge in [0.1, 0.15) is 0 Å². The molecule has 2 aliphatic rings. The van der Waals surface area contributed by atoms with Crippen LogP contribution in [-0.2, 0) is 29.0 Å². The van der Waals surface area contributed by atoms with Gasteiger partial charge in [-0.15, -0.1) is 11.3 Å². The molecule has 1 saturated carbocycles. The van der Waals surface area contributed by atoms with E-state index in [0.717, 1.165) is 48.4 Å². The lowest BCUT2D eigenvalue weighted by molar-refractivity contribution is -0.122. The number of carbonyl (C=O) groups excluding carboxylic acids is 2. The molecule has 4 rings (SSSR count). The Labute approximate surface area is 185 Å². The Morgan fingerprint density at radius 1 is 1.23 bits per heavy atom. The molecule has 0 radical (unpaired) electrons. The van der Waals surface area contributed by atoms with Gasteiger partial charge in [0.15, 0.2) is 16.6 Å². The van der Waals surface area contributed by atoms with Gasteiger partial charge in [-0.3, -0.25) is 14.5 Å². The summed E-state index contributed by atoms with van der Waals surface area (Å²) < 4.78 is 10.6. The summed E-state index contributed by atoms with van der Waals surface area (Å²) in [6.45, 7) is 2.39. The first-order chi connectivity index (χ1) is 15.1. The largest absolute Gasteiger partial charge is 0.493 e. The average Bonchev–Trinajstić information content (AvgIpc) is 3.54. The maximum Gasteiger partial charge on any atom is 0.234 e. The molecule has 1 fully saturated rings. The summed E-state index contributed by atoms with van der Waals surface area (Å²) in [6, 6.07) is 5.78. The van der Waals surface area contributed by atoms with Gasteiger partial charge in [0.2, 0.25) is 11.8 Å². The number of amides is 2. The van der Waals surface area contributed by atoms with E-state index in [0.29, 0.717) is 36.3 Å². The summed E-state index contributed by atoms with van der Waals surface area (Å²) in [5, 5.41) is 6.61. The van der Waals surface area contributed by atoms with E-state index in [1.54, 1.807) is 14.2 Å². The number of aromatic nitrogens is 1. The molecule has 0 saturated heterocycles. The highest BCUT2D eigenvalue weighted by atomic mass is 32.1. The quantitative estimate of drug-likeness (QED) is 0.616. The number of hydrogen-bond acceptors (Lipinski definition) is 7. The van der Waals surface area contributed by atoms with Crippen LogP contribution in [0, 0.1) is 5.92 Å². The summed E-state index contributed by atoms with van der Waals surface area (Å²) in [5.41, 5.74) is 2.12. The van der Waals surface area contributed by atoms with Crippen molar-refractivity contribution in [3.05, 3.63) is 34.3 Å². The molecule has 1 aliphatic carbocycles. The Hall–Kier alpha value is -2.65. The lowest BCUT2D eigenvalue weighted by atomic mass is 10.1. The zero-order chi connectivity index (χ0) is 21.8. The van der Waals surface area contributed by atoms with Crippen LogP contribution >= 0.6 is 11.3 Å². The van der Waals surface area contributed by atoms with Crippen LogP contribution in [0.2, 0.25) is 0 Å². The zero-order valence-corrected chi connectivity index (χ0v) is 18.7. The number of ether oxygens (including phenoxy) is 2. The number of fused-ring (bicyclic) bond motifs is 1. The van der Waals surface area contributed by atoms with E-state index >= 15 is 0 Å². The van der Waals surface area contributed by atoms with Gasteiger partial charge in [0, 0.05) is 36.9 Å². The summed E-state index contributed by atoms with van der Waals surface area (Å²) in [4.78, 5) is 32.2. The van der Waals surface area contributed by atoms with Gasteiger partial charge >= 0.3 is 0 Å². The maximum atomic E-state index is 12.4. The van der Waals surface area contributed by atoms with E-state index in [4.69, 9.17) is 9.47 Å². The monoisotopic (exact) mass is 444 g/mol. The van der Waals surface area contributed by atoms with Gasteiger partial charge in [0.25, 0.3) is 0 Å². The molecule has 31 heavy (non-hydrogen) atoms. The van der Waals surface area contributed by atoms with E-state index in [-0.39, 0.29) is 17.7 Å². The fraction of sp³-hybridized carbons (Fsp3) is 0.500. The summed E-state index contributed by atoms with van der Waals surface area (Å²) >= 11 is 1.52. The van der Waals surface area contributed by atoms with Crippen LogP contribution in [-0.4, -0.2) is 55.6 Å². The highest BCUT2D eigenvalue weighted by Gasteiger charge is 2.31. The Bertz CT molecular complexity index is 957. The number of rotatable bonds is 9. The summed E-state index contributed by atoms with van der Waals surface area (Å²) in [6.07, 6.45) is 3.47. The third kappa shape index (κ3) is 5.54. The lowest BCUT2D eigenvalue weighted by Gasteiger charge is -2.25. The molecular weight excluding hydrogens is 416 g/mol. The fourth-order valence-electron chi connectivity index (χ4n) is 3.63. The minimum Gasteiger partial charge on any atom is -0.493 e. The first-order valence-electron chi connectivity index (χ1n) is 10.5. The van der Waals surface area contributed by atoms with Crippen LogP contribution in [0.25, 0.3) is 0 Å². The molecule has 2 N–H and O–H groups in total. The van der Waals surface area contributed by atoms with Crippen molar-refractivity contribution in [1.29, 1.82) is 0 Å². The van der Waals surface area contributed by atoms with E-state index in [2.05, 4.69) is 20.5 Å². The van der Waals surface area contributed by atoms with Crippen molar-refractivity contribution in [2.24, 2.45) is 5.92 Å². The van der Waals surface area contributed by atoms with Gasteiger partial charge in [0.05, 0.1) is 26.5 Å². The molecule has 0 unspecified atom stereocenters. The van der Waals surface area contributed by atoms with Gasteiger partial charge in [-0.25, -0.2) is 4.98 Å². The van der Waals surface area contributed by atoms with Crippen molar-refractivity contribution in [3.63, 3.8) is 0 Å². The molecular formula is C22H28N4O4S. The normalized spacial score (nSPS) is 15.8. The maximum absolute atomic E-state index is 12.4. The van der Waals surface area contributed by atoms with Crippen LogP contribution in [0.3, 0.4) is 0 Å². The molecule has 2 amide bonds. The molecule has 0 atom stereocenters. The van der Waals surface area contributed by atoms with Crippen LogP contribution in [0.4, 0.5) is 5.13 Å². The molecule has 9 heteroatoms. The van der Waals surface area contributed by atoms with Crippen LogP contribution in [0.5, 0.6) is 11.5 Å². The average molecular weight is 445 g/mol. The lowest BCUT2D eigenvalue weighted by Crippen LogP contribution is -2.40. The van der Waals surface area contributed by atoms with Crippen LogP contribution in [0.1, 0.15) is 29.0 Å². The molecule has 8 nitrogen and oxygen atoms in total. The van der Waals surface area contributed by atoms with Crippen molar-refractivity contribution in [1.82, 2.24) is 15.2 Å². The third-order valence-electron chi connectivity index (χ3n) is 5.54. The number of thiazole rings is 1. The second kappa shape index (κ2) is 9.65.